The first-order valence-corrected chi connectivity index (χ1v) is 17.1. The van der Waals surface area contributed by atoms with Crippen molar-refractivity contribution in [3.8, 4) is 39.5 Å². The number of hydrogen-bond donors (Lipinski definition) is 4. The Morgan fingerprint density at radius 3 is 1.98 bits per heavy atom. The molecule has 0 bridgehead atoms. The lowest BCUT2D eigenvalue weighted by molar-refractivity contribution is -0.120. The van der Waals surface area contributed by atoms with Crippen LogP contribution in [0.15, 0.2) is 66.9 Å². The standard InChI is InChI=1S/C36H36Cl2N8O3/c1-49-36-21(17-39-18-22-9-12-32(47)41-22)8-11-29(44-36)27-6-2-4-25(34(27)37)26-5-3-7-28(35(26)38)30-14-15-46-31(43-30)16-24(45-46)20-40-19-23-10-13-33(48)42-23/h2-8,11,14-16,22-23,39-40H,9-10,12-13,17-20H2,1H3,(H,41,47)(H,42,48)/t22-,23+/m1/s1. The number of ether oxygens (including phenoxy) is 1. The molecule has 4 N–H and O–H groups in total. The highest BCUT2D eigenvalue weighted by Gasteiger charge is 2.22. The number of carbonyl (C=O) groups is 2. The maximum atomic E-state index is 11.5. The first kappa shape index (κ1) is 33.0. The third-order valence-corrected chi connectivity index (χ3v) is 9.73. The number of nitrogens with zero attached hydrogens (tertiary/aromatic N) is 4. The molecule has 2 aromatic carbocycles. The molecule has 2 aliphatic rings. The van der Waals surface area contributed by atoms with Crippen molar-refractivity contribution in [3.05, 3.63) is 88.2 Å². The second kappa shape index (κ2) is 14.5. The van der Waals surface area contributed by atoms with E-state index in [-0.39, 0.29) is 23.9 Å². The predicted molar refractivity (Wildman–Crippen MR) is 189 cm³/mol. The van der Waals surface area contributed by atoms with E-state index in [1.165, 1.54) is 0 Å². The first-order chi connectivity index (χ1) is 23.9. The van der Waals surface area contributed by atoms with Crippen LogP contribution in [0.5, 0.6) is 5.88 Å². The number of rotatable bonds is 12. The summed E-state index contributed by atoms with van der Waals surface area (Å²) in [6.45, 7) is 2.49. The van der Waals surface area contributed by atoms with E-state index in [0.29, 0.717) is 72.0 Å². The molecule has 0 aliphatic carbocycles. The second-order valence-corrected chi connectivity index (χ2v) is 13.1. The van der Waals surface area contributed by atoms with E-state index >= 15 is 0 Å². The molecule has 49 heavy (non-hydrogen) atoms. The van der Waals surface area contributed by atoms with E-state index in [1.807, 2.05) is 66.9 Å². The number of aromatic nitrogens is 4. The van der Waals surface area contributed by atoms with Crippen LogP contribution in [0.1, 0.15) is 36.9 Å². The van der Waals surface area contributed by atoms with Crippen molar-refractivity contribution in [2.45, 2.75) is 50.9 Å². The van der Waals surface area contributed by atoms with Gasteiger partial charge in [-0.2, -0.15) is 5.10 Å². The molecule has 252 valence electrons. The molecule has 5 aromatic rings. The summed E-state index contributed by atoms with van der Waals surface area (Å²) >= 11 is 14.2. The fourth-order valence-corrected chi connectivity index (χ4v) is 7.04. The average molecular weight is 700 g/mol. The highest BCUT2D eigenvalue weighted by molar-refractivity contribution is 6.39. The highest BCUT2D eigenvalue weighted by Crippen LogP contribution is 2.42. The van der Waals surface area contributed by atoms with Crippen LogP contribution in [0.4, 0.5) is 0 Å². The summed E-state index contributed by atoms with van der Waals surface area (Å²) in [5, 5.41) is 18.4. The van der Waals surface area contributed by atoms with Crippen LogP contribution < -0.4 is 26.0 Å². The number of halogens is 2. The van der Waals surface area contributed by atoms with Gasteiger partial charge in [-0.1, -0.05) is 65.7 Å². The Balaban J connectivity index is 1.09. The van der Waals surface area contributed by atoms with Gasteiger partial charge in [0.25, 0.3) is 0 Å². The molecule has 2 amide bonds. The van der Waals surface area contributed by atoms with E-state index in [1.54, 1.807) is 11.6 Å². The molecule has 13 heteroatoms. The van der Waals surface area contributed by atoms with Crippen molar-refractivity contribution in [3.63, 3.8) is 0 Å². The molecule has 0 unspecified atom stereocenters. The molecule has 0 spiro atoms. The van der Waals surface area contributed by atoms with Gasteiger partial charge in [-0.05, 0) is 25.0 Å². The Morgan fingerprint density at radius 2 is 1.39 bits per heavy atom. The fourth-order valence-electron chi connectivity index (χ4n) is 6.39. The Hall–Kier alpha value is -4.55. The average Bonchev–Trinajstić information content (AvgIpc) is 3.84. The third-order valence-electron chi connectivity index (χ3n) is 8.92. The smallest absolute Gasteiger partial charge is 0.220 e. The number of amides is 2. The zero-order valence-electron chi connectivity index (χ0n) is 26.9. The lowest BCUT2D eigenvalue weighted by Gasteiger charge is -2.15. The van der Waals surface area contributed by atoms with Crippen molar-refractivity contribution >= 4 is 40.7 Å². The monoisotopic (exact) mass is 698 g/mol. The summed E-state index contributed by atoms with van der Waals surface area (Å²) < 4.78 is 7.39. The SMILES string of the molecule is COc1nc(-c2cccc(-c3cccc(-c4ccn5nc(CNC[C@@H]6CCC(=O)N6)cc5n4)c3Cl)c2Cl)ccc1CNC[C@H]1CCC(=O)N1. The first-order valence-electron chi connectivity index (χ1n) is 16.3. The molecule has 0 saturated carbocycles. The minimum Gasteiger partial charge on any atom is -0.481 e. The van der Waals surface area contributed by atoms with E-state index in [2.05, 4.69) is 26.4 Å². The van der Waals surface area contributed by atoms with E-state index < -0.39 is 0 Å². The van der Waals surface area contributed by atoms with Gasteiger partial charge in [0.05, 0.1) is 34.2 Å². The van der Waals surface area contributed by atoms with Crippen LogP contribution in [-0.4, -0.2) is 63.7 Å². The molecule has 2 fully saturated rings. The van der Waals surface area contributed by atoms with Crippen molar-refractivity contribution < 1.29 is 14.3 Å². The summed E-state index contributed by atoms with van der Waals surface area (Å²) in [4.78, 5) is 32.6. The quantitative estimate of drug-likeness (QED) is 0.140. The highest BCUT2D eigenvalue weighted by atomic mass is 35.5. The summed E-state index contributed by atoms with van der Waals surface area (Å²) in [5.41, 5.74) is 6.92. The number of nitrogens with one attached hydrogen (secondary N) is 4. The number of methoxy groups -OCH3 is 1. The van der Waals surface area contributed by atoms with Crippen LogP contribution in [0.25, 0.3) is 39.3 Å². The molecule has 2 atom stereocenters. The third kappa shape index (κ3) is 7.25. The molecular formula is C36H36Cl2N8O3. The largest absolute Gasteiger partial charge is 0.481 e. The van der Waals surface area contributed by atoms with E-state index in [9.17, 15) is 9.59 Å². The van der Waals surface area contributed by atoms with Gasteiger partial charge in [-0.25, -0.2) is 14.5 Å². The fraction of sp³-hybridized carbons (Fsp3) is 0.306. The number of hydrogen-bond acceptors (Lipinski definition) is 8. The molecule has 3 aromatic heterocycles. The van der Waals surface area contributed by atoms with Gasteiger partial charge in [-0.15, -0.1) is 0 Å². The Labute approximate surface area is 293 Å². The summed E-state index contributed by atoms with van der Waals surface area (Å²) in [5.74, 6) is 0.710. The van der Waals surface area contributed by atoms with Gasteiger partial charge < -0.3 is 26.0 Å². The van der Waals surface area contributed by atoms with Gasteiger partial charge >= 0.3 is 0 Å². The van der Waals surface area contributed by atoms with Crippen LogP contribution in [0.2, 0.25) is 10.0 Å². The van der Waals surface area contributed by atoms with Crippen LogP contribution in [0, 0.1) is 0 Å². The lowest BCUT2D eigenvalue weighted by Crippen LogP contribution is -2.35. The van der Waals surface area contributed by atoms with Gasteiger partial charge in [0.2, 0.25) is 17.7 Å². The second-order valence-electron chi connectivity index (χ2n) is 12.3. The summed E-state index contributed by atoms with van der Waals surface area (Å²) in [6, 6.07) is 19.7. The number of carbonyl (C=O) groups excluding carboxylic acids is 2. The van der Waals surface area contributed by atoms with Crippen molar-refractivity contribution in [2.24, 2.45) is 0 Å². The molecule has 2 saturated heterocycles. The zero-order valence-corrected chi connectivity index (χ0v) is 28.4. The predicted octanol–water partition coefficient (Wildman–Crippen LogP) is 5.18. The van der Waals surface area contributed by atoms with Gasteiger partial charge in [0.1, 0.15) is 0 Å². The molecular weight excluding hydrogens is 663 g/mol. The van der Waals surface area contributed by atoms with Gasteiger partial charge in [0, 0.05) is 91.2 Å². The molecule has 7 rings (SSSR count). The molecule has 5 heterocycles. The summed E-state index contributed by atoms with van der Waals surface area (Å²) in [7, 11) is 1.60. The van der Waals surface area contributed by atoms with Gasteiger partial charge in [-0.3, -0.25) is 9.59 Å². The maximum absolute atomic E-state index is 11.5. The number of benzene rings is 2. The number of fused-ring (bicyclic) bond motifs is 1. The maximum Gasteiger partial charge on any atom is 0.220 e. The van der Waals surface area contributed by atoms with Gasteiger partial charge in [0.15, 0.2) is 5.65 Å². The number of pyridine rings is 1. The Bertz CT molecular complexity index is 2030. The normalized spacial score (nSPS) is 17.4. The lowest BCUT2D eigenvalue weighted by atomic mass is 9.98. The molecule has 2 aliphatic heterocycles. The minimum atomic E-state index is 0.0995. The minimum absolute atomic E-state index is 0.0995. The van der Waals surface area contributed by atoms with Crippen molar-refractivity contribution in [1.82, 2.24) is 40.8 Å². The van der Waals surface area contributed by atoms with Crippen LogP contribution >= 0.6 is 23.2 Å². The van der Waals surface area contributed by atoms with Crippen molar-refractivity contribution in [2.75, 3.05) is 20.2 Å². The molecule has 11 nitrogen and oxygen atoms in total. The van der Waals surface area contributed by atoms with Crippen LogP contribution in [0.3, 0.4) is 0 Å². The Morgan fingerprint density at radius 1 is 0.796 bits per heavy atom. The van der Waals surface area contributed by atoms with E-state index in [0.717, 1.165) is 46.4 Å². The topological polar surface area (TPSA) is 135 Å². The Kier molecular flexibility index (Phi) is 9.77. The molecule has 0 radical (unpaired) electrons. The van der Waals surface area contributed by atoms with Crippen LogP contribution in [-0.2, 0) is 22.7 Å². The van der Waals surface area contributed by atoms with E-state index in [4.69, 9.17) is 37.9 Å². The zero-order chi connectivity index (χ0) is 33.9. The summed E-state index contributed by atoms with van der Waals surface area (Å²) in [6.07, 6.45) is 4.71. The van der Waals surface area contributed by atoms with Crippen molar-refractivity contribution in [1.29, 1.82) is 0 Å².